The average Bonchev–Trinajstić information content (AvgIpc) is 2.18. The van der Waals surface area contributed by atoms with E-state index in [0.717, 1.165) is 20.4 Å². The maximum atomic E-state index is 5.53. The van der Waals surface area contributed by atoms with E-state index in [0.29, 0.717) is 12.5 Å². The van der Waals surface area contributed by atoms with Crippen molar-refractivity contribution in [1.29, 1.82) is 0 Å². The van der Waals surface area contributed by atoms with Crippen molar-refractivity contribution in [2.75, 3.05) is 19.6 Å². The summed E-state index contributed by atoms with van der Waals surface area (Å²) in [6.45, 7) is 0.485. The van der Waals surface area contributed by atoms with Crippen molar-refractivity contribution in [1.82, 2.24) is 0 Å². The zero-order chi connectivity index (χ0) is 10.6. The van der Waals surface area contributed by atoms with Gasteiger partial charge in [-0.15, -0.1) is 11.6 Å². The minimum Gasteiger partial charge on any atom is -0.496 e. The van der Waals surface area contributed by atoms with Gasteiger partial charge < -0.3 is 9.47 Å². The third-order valence-corrected chi connectivity index (χ3v) is 2.93. The lowest BCUT2D eigenvalue weighted by atomic mass is 10.3. The highest BCUT2D eigenvalue weighted by atomic mass is 79.9. The van der Waals surface area contributed by atoms with Crippen molar-refractivity contribution in [2.45, 2.75) is 0 Å². The Balaban J connectivity index is 2.90. The molecule has 5 heteroatoms. The molecule has 0 heterocycles. The highest BCUT2D eigenvalue weighted by Crippen LogP contribution is 2.35. The van der Waals surface area contributed by atoms with Crippen LogP contribution in [0.5, 0.6) is 11.5 Å². The molecule has 0 N–H and O–H groups in total. The topological polar surface area (TPSA) is 18.5 Å². The molecule has 0 atom stereocenters. The SMILES string of the molecule is COc1cc(Br)c(OCCCl)cc1Br. The van der Waals surface area contributed by atoms with E-state index in [1.807, 2.05) is 12.1 Å². The van der Waals surface area contributed by atoms with Gasteiger partial charge in [-0.05, 0) is 44.0 Å². The van der Waals surface area contributed by atoms with Crippen LogP contribution in [0, 0.1) is 0 Å². The molecule has 0 unspecified atom stereocenters. The van der Waals surface area contributed by atoms with Gasteiger partial charge in [-0.1, -0.05) is 0 Å². The van der Waals surface area contributed by atoms with E-state index in [1.54, 1.807) is 7.11 Å². The zero-order valence-corrected chi connectivity index (χ0v) is 11.4. The number of hydrogen-bond acceptors (Lipinski definition) is 2. The van der Waals surface area contributed by atoms with Crippen molar-refractivity contribution >= 4 is 43.5 Å². The lowest BCUT2D eigenvalue weighted by molar-refractivity contribution is 0.338. The van der Waals surface area contributed by atoms with Crippen LogP contribution >= 0.6 is 43.5 Å². The molecule has 1 rings (SSSR count). The fraction of sp³-hybridized carbons (Fsp3) is 0.333. The molecule has 1 aromatic rings. The number of methoxy groups -OCH3 is 1. The van der Waals surface area contributed by atoms with Crippen LogP contribution in [0.1, 0.15) is 0 Å². The third-order valence-electron chi connectivity index (χ3n) is 1.54. The predicted molar refractivity (Wildman–Crippen MR) is 64.6 cm³/mol. The van der Waals surface area contributed by atoms with Crippen molar-refractivity contribution in [2.24, 2.45) is 0 Å². The Bertz CT molecular complexity index is 318. The highest BCUT2D eigenvalue weighted by molar-refractivity contribution is 9.11. The first kappa shape index (κ1) is 12.1. The number of hydrogen-bond donors (Lipinski definition) is 0. The average molecular weight is 344 g/mol. The number of rotatable bonds is 4. The van der Waals surface area contributed by atoms with Crippen molar-refractivity contribution in [3.05, 3.63) is 21.1 Å². The molecule has 0 saturated heterocycles. The van der Waals surface area contributed by atoms with E-state index in [9.17, 15) is 0 Å². The maximum Gasteiger partial charge on any atom is 0.134 e. The molecule has 0 radical (unpaired) electrons. The largest absolute Gasteiger partial charge is 0.496 e. The summed E-state index contributed by atoms with van der Waals surface area (Å²) in [5, 5.41) is 0. The molecule has 0 spiro atoms. The smallest absolute Gasteiger partial charge is 0.134 e. The summed E-state index contributed by atoms with van der Waals surface area (Å²) in [7, 11) is 1.62. The fourth-order valence-electron chi connectivity index (χ4n) is 0.926. The van der Waals surface area contributed by atoms with Crippen LogP contribution < -0.4 is 9.47 Å². The van der Waals surface area contributed by atoms with Gasteiger partial charge in [0.1, 0.15) is 18.1 Å². The molecular weight excluding hydrogens is 335 g/mol. The summed E-state index contributed by atoms with van der Waals surface area (Å²) in [5.74, 6) is 1.98. The third kappa shape index (κ3) is 3.04. The van der Waals surface area contributed by atoms with Crippen molar-refractivity contribution in [3.8, 4) is 11.5 Å². The second-order valence-electron chi connectivity index (χ2n) is 2.45. The van der Waals surface area contributed by atoms with Crippen LogP contribution in [-0.2, 0) is 0 Å². The van der Waals surface area contributed by atoms with Gasteiger partial charge in [0.2, 0.25) is 0 Å². The Morgan fingerprint density at radius 3 is 2.36 bits per heavy atom. The Morgan fingerprint density at radius 2 is 1.79 bits per heavy atom. The fourth-order valence-corrected chi connectivity index (χ4v) is 1.92. The van der Waals surface area contributed by atoms with Crippen LogP contribution in [0.15, 0.2) is 21.1 Å². The molecule has 14 heavy (non-hydrogen) atoms. The van der Waals surface area contributed by atoms with Gasteiger partial charge in [-0.2, -0.15) is 0 Å². The zero-order valence-electron chi connectivity index (χ0n) is 7.52. The Labute approximate surface area is 105 Å². The Morgan fingerprint density at radius 1 is 1.21 bits per heavy atom. The van der Waals surface area contributed by atoms with Crippen LogP contribution in [0.2, 0.25) is 0 Å². The summed E-state index contributed by atoms with van der Waals surface area (Å²) < 4.78 is 12.2. The van der Waals surface area contributed by atoms with Gasteiger partial charge in [0.15, 0.2) is 0 Å². The van der Waals surface area contributed by atoms with E-state index in [4.69, 9.17) is 21.1 Å². The van der Waals surface area contributed by atoms with E-state index >= 15 is 0 Å². The van der Waals surface area contributed by atoms with E-state index < -0.39 is 0 Å². The second kappa shape index (κ2) is 5.83. The first-order valence-corrected chi connectivity index (χ1v) is 6.03. The number of benzene rings is 1. The number of alkyl halides is 1. The molecule has 0 aliphatic carbocycles. The molecule has 2 nitrogen and oxygen atoms in total. The van der Waals surface area contributed by atoms with Crippen LogP contribution in [0.3, 0.4) is 0 Å². The normalized spacial score (nSPS) is 10.0. The monoisotopic (exact) mass is 342 g/mol. The standard InChI is InChI=1S/C9H9Br2ClO2/c1-13-8-4-7(11)9(5-6(8)10)14-3-2-12/h4-5H,2-3H2,1H3. The van der Waals surface area contributed by atoms with Crippen molar-refractivity contribution < 1.29 is 9.47 Å². The van der Waals surface area contributed by atoms with E-state index in [-0.39, 0.29) is 0 Å². The molecule has 0 aromatic heterocycles. The first-order chi connectivity index (χ1) is 6.69. The maximum absolute atomic E-state index is 5.53. The second-order valence-corrected chi connectivity index (χ2v) is 4.54. The molecule has 0 amide bonds. The predicted octanol–water partition coefficient (Wildman–Crippen LogP) is 3.84. The summed E-state index contributed by atoms with van der Waals surface area (Å²) in [4.78, 5) is 0. The Hall–Kier alpha value is 0.0700. The summed E-state index contributed by atoms with van der Waals surface area (Å²) >= 11 is 12.3. The van der Waals surface area contributed by atoms with Gasteiger partial charge in [-0.3, -0.25) is 0 Å². The summed E-state index contributed by atoms with van der Waals surface area (Å²) in [6.07, 6.45) is 0. The number of ether oxygens (including phenoxy) is 2. The van der Waals surface area contributed by atoms with E-state index in [1.165, 1.54) is 0 Å². The van der Waals surface area contributed by atoms with E-state index in [2.05, 4.69) is 31.9 Å². The quantitative estimate of drug-likeness (QED) is 0.773. The van der Waals surface area contributed by atoms with Gasteiger partial charge in [-0.25, -0.2) is 0 Å². The molecule has 0 saturated carbocycles. The molecule has 0 aliphatic rings. The van der Waals surface area contributed by atoms with Crippen LogP contribution in [0.4, 0.5) is 0 Å². The van der Waals surface area contributed by atoms with Gasteiger partial charge in [0, 0.05) is 0 Å². The summed E-state index contributed by atoms with van der Waals surface area (Å²) in [6, 6.07) is 3.68. The van der Waals surface area contributed by atoms with Crippen LogP contribution in [0.25, 0.3) is 0 Å². The molecular formula is C9H9Br2ClO2. The minimum absolute atomic E-state index is 0.468. The van der Waals surface area contributed by atoms with Crippen molar-refractivity contribution in [3.63, 3.8) is 0 Å². The molecule has 0 fully saturated rings. The molecule has 1 aromatic carbocycles. The molecule has 78 valence electrons. The summed E-state index contributed by atoms with van der Waals surface area (Å²) in [5.41, 5.74) is 0. The number of halogens is 3. The molecule has 0 aliphatic heterocycles. The van der Waals surface area contributed by atoms with Crippen LogP contribution in [-0.4, -0.2) is 19.6 Å². The first-order valence-electron chi connectivity index (χ1n) is 3.91. The highest BCUT2D eigenvalue weighted by Gasteiger charge is 2.07. The minimum atomic E-state index is 0.468. The van der Waals surface area contributed by atoms with Gasteiger partial charge in [0.25, 0.3) is 0 Å². The van der Waals surface area contributed by atoms with Gasteiger partial charge >= 0.3 is 0 Å². The Kier molecular flexibility index (Phi) is 5.06. The van der Waals surface area contributed by atoms with Gasteiger partial charge in [0.05, 0.1) is 21.9 Å². The molecule has 0 bridgehead atoms. The lowest BCUT2D eigenvalue weighted by Gasteiger charge is -2.09. The lowest BCUT2D eigenvalue weighted by Crippen LogP contribution is -1.99.